The SMILES string of the molecule is C[C@H]1[C@H](C)CC[C@]2(C(=O)NCCCCCCNc3cccc4c3C(=O)N(C3CCC(=O)NC3=O)C4=O)CC[C@]3(C)C(=CC[C@@H]4[C@@]5(C)CC[C@H](O)C(C)(C)[C@@H]5CC[C@]43C)[C@H]12. The van der Waals surface area contributed by atoms with Gasteiger partial charge in [0.25, 0.3) is 11.8 Å². The minimum Gasteiger partial charge on any atom is -0.393 e. The van der Waals surface area contributed by atoms with Crippen LogP contribution in [0, 0.1) is 56.7 Å². The maximum Gasteiger partial charge on any atom is 0.264 e. The zero-order valence-corrected chi connectivity index (χ0v) is 36.8. The van der Waals surface area contributed by atoms with Gasteiger partial charge < -0.3 is 15.7 Å². The van der Waals surface area contributed by atoms with E-state index in [0.717, 1.165) is 75.5 Å². The Hall–Kier alpha value is -3.53. The highest BCUT2D eigenvalue weighted by Crippen LogP contribution is 2.75. The molecule has 1 aromatic carbocycles. The van der Waals surface area contributed by atoms with Crippen molar-refractivity contribution in [2.24, 2.45) is 56.7 Å². The van der Waals surface area contributed by atoms with Gasteiger partial charge in [-0.1, -0.05) is 79.0 Å². The summed E-state index contributed by atoms with van der Waals surface area (Å²) in [5.41, 5.74) is 2.74. The first-order valence-corrected chi connectivity index (χ1v) is 23.2. The number of hydrogen-bond acceptors (Lipinski definition) is 7. The first-order valence-electron chi connectivity index (χ1n) is 23.2. The molecule has 0 bridgehead atoms. The monoisotopic (exact) mass is 811 g/mol. The highest BCUT2D eigenvalue weighted by Gasteiger charge is 2.69. The summed E-state index contributed by atoms with van der Waals surface area (Å²) in [4.78, 5) is 66.4. The lowest BCUT2D eigenvalue weighted by Crippen LogP contribution is -2.66. The molecule has 0 radical (unpaired) electrons. The van der Waals surface area contributed by atoms with Gasteiger partial charge in [-0.25, -0.2) is 0 Å². The van der Waals surface area contributed by atoms with Gasteiger partial charge in [-0.15, -0.1) is 0 Å². The topological polar surface area (TPSA) is 145 Å². The Morgan fingerprint density at radius 3 is 2.34 bits per heavy atom. The number of anilines is 1. The van der Waals surface area contributed by atoms with Crippen molar-refractivity contribution in [3.05, 3.63) is 41.0 Å². The predicted molar refractivity (Wildman–Crippen MR) is 228 cm³/mol. The second kappa shape index (κ2) is 15.1. The standard InChI is InChI=1S/C49H70N4O6/c1-29-19-24-49(26-25-47(6)32(40(49)30(29)2)15-17-36-46(5)22-21-37(54)45(3,4)35(46)20-23-48(36,47)7)44(59)51-28-11-9-8-10-27-50-33-14-12-13-31-39(33)43(58)53(42(31)57)34-16-18-38(55)52-41(34)56/h12-15,29-30,34-37,40,50,54H,8-11,16-28H2,1-7H3,(H,51,59)(H,52,55,56)/t29-,30+,34?,35+,36-,37+,40+,46+,47-,48-,49+/m1/s1. The molecule has 1 unspecified atom stereocenters. The van der Waals surface area contributed by atoms with Crippen molar-refractivity contribution >= 4 is 35.2 Å². The molecule has 10 nitrogen and oxygen atoms in total. The molecular formula is C49H70N4O6. The number of amides is 5. The predicted octanol–water partition coefficient (Wildman–Crippen LogP) is 8.19. The van der Waals surface area contributed by atoms with Crippen molar-refractivity contribution in [1.82, 2.24) is 15.5 Å². The van der Waals surface area contributed by atoms with Crippen LogP contribution in [0.5, 0.6) is 0 Å². The lowest BCUT2D eigenvalue weighted by atomic mass is 9.33. The van der Waals surface area contributed by atoms with E-state index in [4.69, 9.17) is 0 Å². The minimum atomic E-state index is -0.988. The Bertz CT molecular complexity index is 1940. The Morgan fingerprint density at radius 1 is 0.847 bits per heavy atom. The summed E-state index contributed by atoms with van der Waals surface area (Å²) in [6.45, 7) is 18.5. The molecule has 5 fully saturated rings. The molecule has 2 heterocycles. The van der Waals surface area contributed by atoms with Crippen LogP contribution < -0.4 is 16.0 Å². The summed E-state index contributed by atoms with van der Waals surface area (Å²) < 4.78 is 0. The van der Waals surface area contributed by atoms with Crippen LogP contribution in [0.2, 0.25) is 0 Å². The molecule has 4 saturated carbocycles. The van der Waals surface area contributed by atoms with Crippen LogP contribution in [0.3, 0.4) is 0 Å². The highest BCUT2D eigenvalue weighted by atomic mass is 16.3. The number of fused-ring (bicyclic) bond motifs is 8. The Labute approximate surface area is 351 Å². The molecule has 4 N–H and O–H groups in total. The van der Waals surface area contributed by atoms with E-state index in [1.807, 2.05) is 0 Å². The maximum atomic E-state index is 14.6. The number of piperidine rings is 1. The van der Waals surface area contributed by atoms with Gasteiger partial charge in [0.05, 0.1) is 22.6 Å². The summed E-state index contributed by atoms with van der Waals surface area (Å²) in [6.07, 6.45) is 15.9. The molecule has 0 spiro atoms. The number of benzene rings is 1. The van der Waals surface area contributed by atoms with Crippen LogP contribution in [-0.4, -0.2) is 64.8 Å². The second-order valence-corrected chi connectivity index (χ2v) is 21.5. The Kier molecular flexibility index (Phi) is 10.8. The van der Waals surface area contributed by atoms with E-state index in [2.05, 4.69) is 70.5 Å². The third kappa shape index (κ3) is 6.37. The largest absolute Gasteiger partial charge is 0.393 e. The molecule has 10 heteroatoms. The molecule has 5 amide bonds. The van der Waals surface area contributed by atoms with Crippen LogP contribution in [0.25, 0.3) is 0 Å². The zero-order valence-electron chi connectivity index (χ0n) is 36.8. The number of rotatable bonds is 10. The van der Waals surface area contributed by atoms with Crippen molar-refractivity contribution in [2.45, 2.75) is 157 Å². The van der Waals surface area contributed by atoms with Crippen LogP contribution in [0.15, 0.2) is 29.8 Å². The van der Waals surface area contributed by atoms with Crippen molar-refractivity contribution in [2.75, 3.05) is 18.4 Å². The number of carbonyl (C=O) groups is 5. The number of nitrogens with one attached hydrogen (secondary N) is 3. The fourth-order valence-corrected chi connectivity index (χ4v) is 14.7. The number of nitrogens with zero attached hydrogens (tertiary/aromatic N) is 1. The molecule has 2 aliphatic heterocycles. The number of hydrogen-bond donors (Lipinski definition) is 4. The fourth-order valence-electron chi connectivity index (χ4n) is 14.7. The molecule has 59 heavy (non-hydrogen) atoms. The van der Waals surface area contributed by atoms with E-state index in [-0.39, 0.29) is 69.0 Å². The smallest absolute Gasteiger partial charge is 0.264 e. The molecule has 8 rings (SSSR count). The summed E-state index contributed by atoms with van der Waals surface area (Å²) in [7, 11) is 0. The van der Waals surface area contributed by atoms with Gasteiger partial charge in [0.15, 0.2) is 0 Å². The number of unbranched alkanes of at least 4 members (excludes halogenated alkanes) is 3. The first kappa shape index (κ1) is 42.2. The van der Waals surface area contributed by atoms with Gasteiger partial charge in [-0.3, -0.25) is 34.2 Å². The van der Waals surface area contributed by atoms with E-state index in [1.54, 1.807) is 23.8 Å². The Morgan fingerprint density at radius 2 is 1.59 bits per heavy atom. The van der Waals surface area contributed by atoms with Gasteiger partial charge >= 0.3 is 0 Å². The van der Waals surface area contributed by atoms with Crippen molar-refractivity contribution in [1.29, 1.82) is 0 Å². The molecule has 1 saturated heterocycles. The maximum absolute atomic E-state index is 14.6. The van der Waals surface area contributed by atoms with E-state index in [1.165, 1.54) is 12.8 Å². The van der Waals surface area contributed by atoms with E-state index < -0.39 is 29.7 Å². The third-order valence-electron chi connectivity index (χ3n) is 18.6. The van der Waals surface area contributed by atoms with Crippen LogP contribution in [0.1, 0.15) is 165 Å². The average Bonchev–Trinajstić information content (AvgIpc) is 3.45. The highest BCUT2D eigenvalue weighted by molar-refractivity contribution is 6.25. The molecule has 0 aromatic heterocycles. The quantitative estimate of drug-likeness (QED) is 0.106. The molecule has 322 valence electrons. The van der Waals surface area contributed by atoms with Crippen molar-refractivity contribution in [3.8, 4) is 0 Å². The molecule has 1 aromatic rings. The second-order valence-electron chi connectivity index (χ2n) is 21.5. The Balaban J connectivity index is 0.873. The normalized spacial score (nSPS) is 39.8. The van der Waals surface area contributed by atoms with Gasteiger partial charge in [-0.05, 0) is 140 Å². The average molecular weight is 811 g/mol. The first-order chi connectivity index (χ1) is 27.9. The van der Waals surface area contributed by atoms with Crippen LogP contribution in [-0.2, 0) is 14.4 Å². The number of aliphatic hydroxyl groups is 1. The molecule has 5 aliphatic carbocycles. The van der Waals surface area contributed by atoms with E-state index in [0.29, 0.717) is 42.4 Å². The van der Waals surface area contributed by atoms with Gasteiger partial charge in [0, 0.05) is 25.2 Å². The van der Waals surface area contributed by atoms with E-state index in [9.17, 15) is 29.1 Å². The molecule has 7 aliphatic rings. The van der Waals surface area contributed by atoms with Crippen LogP contribution in [0.4, 0.5) is 5.69 Å². The van der Waals surface area contributed by atoms with Crippen molar-refractivity contribution in [3.63, 3.8) is 0 Å². The van der Waals surface area contributed by atoms with Gasteiger partial charge in [0.2, 0.25) is 17.7 Å². The van der Waals surface area contributed by atoms with Gasteiger partial charge in [-0.2, -0.15) is 0 Å². The summed E-state index contributed by atoms with van der Waals surface area (Å²) in [6, 6.07) is 4.15. The van der Waals surface area contributed by atoms with Crippen LogP contribution >= 0.6 is 0 Å². The molecular weight excluding hydrogens is 741 g/mol. The fraction of sp³-hybridized carbons (Fsp3) is 0.735. The van der Waals surface area contributed by atoms with Gasteiger partial charge in [0.1, 0.15) is 6.04 Å². The number of aliphatic hydroxyl groups excluding tert-OH is 1. The number of carbonyl (C=O) groups excluding carboxylic acids is 5. The lowest BCUT2D eigenvalue weighted by Gasteiger charge is -2.71. The number of imide groups is 2. The van der Waals surface area contributed by atoms with E-state index >= 15 is 0 Å². The third-order valence-corrected chi connectivity index (χ3v) is 18.6. The summed E-state index contributed by atoms with van der Waals surface area (Å²) in [5, 5.41) is 20.2. The molecule has 11 atom stereocenters. The summed E-state index contributed by atoms with van der Waals surface area (Å²) in [5.74, 6) is 0.648. The zero-order chi connectivity index (χ0) is 42.3. The lowest BCUT2D eigenvalue weighted by molar-refractivity contribution is -0.204. The number of allylic oxidation sites excluding steroid dienone is 2. The van der Waals surface area contributed by atoms with Crippen molar-refractivity contribution < 1.29 is 29.1 Å². The summed E-state index contributed by atoms with van der Waals surface area (Å²) >= 11 is 0. The minimum absolute atomic E-state index is 0.0630.